The Balaban J connectivity index is 2.07. The van der Waals surface area contributed by atoms with Gasteiger partial charge in [-0.25, -0.2) is 0 Å². The highest BCUT2D eigenvalue weighted by molar-refractivity contribution is 5.42. The second-order valence-electron chi connectivity index (χ2n) is 3.91. The van der Waals surface area contributed by atoms with Crippen LogP contribution in [0.1, 0.15) is 12.8 Å². The van der Waals surface area contributed by atoms with E-state index in [4.69, 9.17) is 19.3 Å². The minimum Gasteiger partial charge on any atom is -0.496 e. The molecule has 0 spiro atoms. The Morgan fingerprint density at radius 1 is 1.00 bits per heavy atom. The molecular weight excluding hydrogens is 208 g/mol. The molecule has 2 rings (SSSR count). The first-order valence-electron chi connectivity index (χ1n) is 5.29. The standard InChI is InChI=1S/C12H16O4/c1-14-9-5-10(15-2)7-12(6-9)16-11-3-8(13)4-11/h5-8,11,13H,3-4H2,1-2H3. The number of rotatable bonds is 4. The molecule has 1 aliphatic carbocycles. The van der Waals surface area contributed by atoms with Crippen molar-refractivity contribution in [3.8, 4) is 17.2 Å². The molecule has 0 amide bonds. The molecule has 4 heteroatoms. The molecule has 88 valence electrons. The summed E-state index contributed by atoms with van der Waals surface area (Å²) in [6.45, 7) is 0. The maximum atomic E-state index is 9.17. The van der Waals surface area contributed by atoms with E-state index in [0.717, 1.165) is 0 Å². The van der Waals surface area contributed by atoms with E-state index in [1.165, 1.54) is 0 Å². The molecule has 1 N–H and O–H groups in total. The summed E-state index contributed by atoms with van der Waals surface area (Å²) in [4.78, 5) is 0. The third kappa shape index (κ3) is 2.39. The topological polar surface area (TPSA) is 47.9 Å². The van der Waals surface area contributed by atoms with Crippen LogP contribution in [0.4, 0.5) is 0 Å². The number of methoxy groups -OCH3 is 2. The first-order chi connectivity index (χ1) is 7.71. The van der Waals surface area contributed by atoms with E-state index in [1.54, 1.807) is 20.3 Å². The van der Waals surface area contributed by atoms with Crippen LogP contribution in [0, 0.1) is 0 Å². The van der Waals surface area contributed by atoms with Crippen LogP contribution in [0.3, 0.4) is 0 Å². The van der Waals surface area contributed by atoms with E-state index < -0.39 is 0 Å². The van der Waals surface area contributed by atoms with Gasteiger partial charge < -0.3 is 19.3 Å². The van der Waals surface area contributed by atoms with Gasteiger partial charge in [-0.1, -0.05) is 0 Å². The predicted molar refractivity (Wildman–Crippen MR) is 59.2 cm³/mol. The first-order valence-corrected chi connectivity index (χ1v) is 5.29. The number of benzene rings is 1. The second-order valence-corrected chi connectivity index (χ2v) is 3.91. The molecule has 0 aromatic heterocycles. The summed E-state index contributed by atoms with van der Waals surface area (Å²) in [5, 5.41) is 9.17. The molecular formula is C12H16O4. The van der Waals surface area contributed by atoms with Gasteiger partial charge in [0.1, 0.15) is 23.4 Å². The van der Waals surface area contributed by atoms with E-state index in [9.17, 15) is 0 Å². The normalized spacial score (nSPS) is 23.4. The number of aliphatic hydroxyl groups excluding tert-OH is 1. The third-order valence-corrected chi connectivity index (χ3v) is 2.70. The van der Waals surface area contributed by atoms with Crippen LogP contribution < -0.4 is 14.2 Å². The molecule has 1 aromatic carbocycles. The molecule has 1 fully saturated rings. The number of ether oxygens (including phenoxy) is 3. The van der Waals surface area contributed by atoms with Crippen LogP contribution >= 0.6 is 0 Å². The fourth-order valence-corrected chi connectivity index (χ4v) is 1.68. The smallest absolute Gasteiger partial charge is 0.127 e. The minimum atomic E-state index is -0.211. The zero-order valence-electron chi connectivity index (χ0n) is 9.47. The molecule has 1 saturated carbocycles. The zero-order chi connectivity index (χ0) is 11.5. The fraction of sp³-hybridized carbons (Fsp3) is 0.500. The van der Waals surface area contributed by atoms with Crippen molar-refractivity contribution in [3.05, 3.63) is 18.2 Å². The monoisotopic (exact) mass is 224 g/mol. The Bertz CT molecular complexity index is 336. The lowest BCUT2D eigenvalue weighted by Crippen LogP contribution is -2.37. The van der Waals surface area contributed by atoms with Crippen LogP contribution in [-0.4, -0.2) is 31.5 Å². The predicted octanol–water partition coefficient (Wildman–Crippen LogP) is 1.61. The first kappa shape index (κ1) is 11.1. The Kier molecular flexibility index (Phi) is 3.19. The van der Waals surface area contributed by atoms with Gasteiger partial charge in [-0.05, 0) is 0 Å². The number of hydrogen-bond acceptors (Lipinski definition) is 4. The lowest BCUT2D eigenvalue weighted by atomic mass is 9.92. The van der Waals surface area contributed by atoms with Gasteiger partial charge in [0.25, 0.3) is 0 Å². The van der Waals surface area contributed by atoms with E-state index >= 15 is 0 Å². The molecule has 16 heavy (non-hydrogen) atoms. The van der Waals surface area contributed by atoms with E-state index in [-0.39, 0.29) is 12.2 Å². The van der Waals surface area contributed by atoms with Crippen molar-refractivity contribution in [2.75, 3.05) is 14.2 Å². The van der Waals surface area contributed by atoms with Crippen molar-refractivity contribution >= 4 is 0 Å². The van der Waals surface area contributed by atoms with Crippen molar-refractivity contribution in [1.29, 1.82) is 0 Å². The third-order valence-electron chi connectivity index (χ3n) is 2.70. The van der Waals surface area contributed by atoms with E-state index in [1.807, 2.05) is 12.1 Å². The van der Waals surface area contributed by atoms with Crippen molar-refractivity contribution in [1.82, 2.24) is 0 Å². The lowest BCUT2D eigenvalue weighted by Gasteiger charge is -2.31. The van der Waals surface area contributed by atoms with E-state index in [2.05, 4.69) is 0 Å². The number of aliphatic hydroxyl groups is 1. The van der Waals surface area contributed by atoms with Gasteiger partial charge in [0.2, 0.25) is 0 Å². The largest absolute Gasteiger partial charge is 0.496 e. The Morgan fingerprint density at radius 3 is 1.94 bits per heavy atom. The molecule has 0 bridgehead atoms. The van der Waals surface area contributed by atoms with Gasteiger partial charge in [0.05, 0.1) is 20.3 Å². The Morgan fingerprint density at radius 2 is 1.50 bits per heavy atom. The molecule has 0 saturated heterocycles. The number of hydrogen-bond donors (Lipinski definition) is 1. The summed E-state index contributed by atoms with van der Waals surface area (Å²) in [5.41, 5.74) is 0. The van der Waals surface area contributed by atoms with E-state index in [0.29, 0.717) is 30.1 Å². The van der Waals surface area contributed by atoms with Crippen molar-refractivity contribution in [2.45, 2.75) is 25.0 Å². The molecule has 1 aromatic rings. The maximum absolute atomic E-state index is 9.17. The summed E-state index contributed by atoms with van der Waals surface area (Å²) < 4.78 is 16.0. The zero-order valence-corrected chi connectivity index (χ0v) is 9.47. The quantitative estimate of drug-likeness (QED) is 0.844. The van der Waals surface area contributed by atoms with Crippen LogP contribution in [0.2, 0.25) is 0 Å². The minimum absolute atomic E-state index is 0.104. The highest BCUT2D eigenvalue weighted by atomic mass is 16.5. The summed E-state index contributed by atoms with van der Waals surface area (Å²) in [7, 11) is 3.21. The van der Waals surface area contributed by atoms with Crippen molar-refractivity contribution in [3.63, 3.8) is 0 Å². The Hall–Kier alpha value is -1.42. The maximum Gasteiger partial charge on any atom is 0.127 e. The van der Waals surface area contributed by atoms with Crippen LogP contribution in [0.5, 0.6) is 17.2 Å². The van der Waals surface area contributed by atoms with Gasteiger partial charge in [-0.15, -0.1) is 0 Å². The van der Waals surface area contributed by atoms with Gasteiger partial charge >= 0.3 is 0 Å². The van der Waals surface area contributed by atoms with Gasteiger partial charge in [-0.3, -0.25) is 0 Å². The summed E-state index contributed by atoms with van der Waals surface area (Å²) in [5.74, 6) is 2.12. The molecule has 0 atom stereocenters. The molecule has 1 aliphatic rings. The average molecular weight is 224 g/mol. The van der Waals surface area contributed by atoms with Gasteiger partial charge in [-0.2, -0.15) is 0 Å². The van der Waals surface area contributed by atoms with Gasteiger partial charge in [0, 0.05) is 31.0 Å². The molecule has 0 unspecified atom stereocenters. The summed E-state index contributed by atoms with van der Waals surface area (Å²) in [6.07, 6.45) is 1.28. The molecule has 0 radical (unpaired) electrons. The lowest BCUT2D eigenvalue weighted by molar-refractivity contribution is -0.0109. The van der Waals surface area contributed by atoms with Crippen molar-refractivity contribution < 1.29 is 19.3 Å². The van der Waals surface area contributed by atoms with Crippen LogP contribution in [0.15, 0.2) is 18.2 Å². The van der Waals surface area contributed by atoms with Gasteiger partial charge in [0.15, 0.2) is 0 Å². The molecule has 0 aliphatic heterocycles. The Labute approximate surface area is 94.8 Å². The summed E-state index contributed by atoms with van der Waals surface area (Å²) in [6, 6.07) is 5.42. The molecule has 0 heterocycles. The van der Waals surface area contributed by atoms with Crippen molar-refractivity contribution in [2.24, 2.45) is 0 Å². The average Bonchev–Trinajstić information content (AvgIpc) is 2.26. The highest BCUT2D eigenvalue weighted by Gasteiger charge is 2.29. The summed E-state index contributed by atoms with van der Waals surface area (Å²) >= 11 is 0. The molecule has 4 nitrogen and oxygen atoms in total. The SMILES string of the molecule is COc1cc(OC)cc(OC2CC(O)C2)c1. The second kappa shape index (κ2) is 4.61. The fourth-order valence-electron chi connectivity index (χ4n) is 1.68. The highest BCUT2D eigenvalue weighted by Crippen LogP contribution is 2.31. The van der Waals surface area contributed by atoms with Crippen LogP contribution in [0.25, 0.3) is 0 Å². The van der Waals surface area contributed by atoms with Crippen LogP contribution in [-0.2, 0) is 0 Å².